The third-order valence-corrected chi connectivity index (χ3v) is 10.4. The predicted octanol–water partition coefficient (Wildman–Crippen LogP) is 11.8. The van der Waals surface area contributed by atoms with Gasteiger partial charge < -0.3 is 0 Å². The highest BCUT2D eigenvalue weighted by Gasteiger charge is 2.35. The minimum absolute atomic E-state index is 0.00143. The fraction of sp³-hybridized carbons (Fsp3) is 0.109. The van der Waals surface area contributed by atoms with Gasteiger partial charge in [-0.05, 0) is 89.3 Å². The molecular formula is C46H35N. The van der Waals surface area contributed by atoms with Gasteiger partial charge in [0.1, 0.15) is 0 Å². The Bertz CT molecular complexity index is 2330. The van der Waals surface area contributed by atoms with E-state index in [1.54, 1.807) is 0 Å². The van der Waals surface area contributed by atoms with Crippen molar-refractivity contribution in [3.05, 3.63) is 180 Å². The van der Waals surface area contributed by atoms with Crippen LogP contribution in [0.15, 0.2) is 163 Å². The maximum absolute atomic E-state index is 5.17. The Kier molecular flexibility index (Phi) is 6.37. The van der Waals surface area contributed by atoms with Crippen LogP contribution in [-0.2, 0) is 5.41 Å². The highest BCUT2D eigenvalue weighted by atomic mass is 14.8. The number of nitrogens with zero attached hydrogens (tertiary/aromatic N) is 1. The van der Waals surface area contributed by atoms with Crippen molar-refractivity contribution in [2.75, 3.05) is 6.54 Å². The summed E-state index contributed by atoms with van der Waals surface area (Å²) in [6.45, 7) is 5.41. The Hall–Kier alpha value is -5.53. The zero-order valence-electron chi connectivity index (χ0n) is 26.7. The number of dihydropyridines is 1. The first-order valence-corrected chi connectivity index (χ1v) is 16.6. The Morgan fingerprint density at radius 3 is 1.77 bits per heavy atom. The van der Waals surface area contributed by atoms with E-state index in [-0.39, 0.29) is 11.3 Å². The van der Waals surface area contributed by atoms with Gasteiger partial charge >= 0.3 is 0 Å². The molecule has 0 spiro atoms. The fourth-order valence-electron chi connectivity index (χ4n) is 8.09. The Morgan fingerprint density at radius 1 is 0.511 bits per heavy atom. The lowest BCUT2D eigenvalue weighted by molar-refractivity contribution is 0.660. The van der Waals surface area contributed by atoms with E-state index in [9.17, 15) is 0 Å². The average molecular weight is 602 g/mol. The van der Waals surface area contributed by atoms with Gasteiger partial charge in [-0.1, -0.05) is 159 Å². The van der Waals surface area contributed by atoms with E-state index in [1.807, 2.05) is 0 Å². The molecular weight excluding hydrogens is 567 g/mol. The largest absolute Gasteiger partial charge is 0.284 e. The van der Waals surface area contributed by atoms with Crippen molar-refractivity contribution in [1.82, 2.24) is 0 Å². The standard InChI is InChI=1S/C46H35N/c1-46(2)41-19-11-10-14-35(41)36-26-24-33(28-42(36)46)30-20-22-31(23-21-30)43-27-25-34(29-47-43)45-39-17-8-6-15-37(39)44(32-12-4-3-5-13-32)38-16-7-9-18-40(38)45/h3-28,34H,29H2,1-2H3. The first-order valence-electron chi connectivity index (χ1n) is 16.6. The van der Waals surface area contributed by atoms with Crippen LogP contribution in [0.2, 0.25) is 0 Å². The lowest BCUT2D eigenvalue weighted by atomic mass is 9.81. The predicted molar refractivity (Wildman–Crippen MR) is 200 cm³/mol. The van der Waals surface area contributed by atoms with Crippen molar-refractivity contribution in [2.24, 2.45) is 4.99 Å². The molecule has 0 amide bonds. The van der Waals surface area contributed by atoms with Crippen LogP contribution < -0.4 is 0 Å². The van der Waals surface area contributed by atoms with Crippen LogP contribution in [0.3, 0.4) is 0 Å². The minimum atomic E-state index is -0.00143. The van der Waals surface area contributed by atoms with Gasteiger partial charge in [0.25, 0.3) is 0 Å². The molecule has 0 aromatic heterocycles. The molecule has 1 nitrogen and oxygen atoms in total. The lowest BCUT2D eigenvalue weighted by Gasteiger charge is -2.23. The van der Waals surface area contributed by atoms with Crippen molar-refractivity contribution >= 4 is 27.3 Å². The van der Waals surface area contributed by atoms with E-state index in [4.69, 9.17) is 4.99 Å². The van der Waals surface area contributed by atoms with E-state index in [0.717, 1.165) is 17.8 Å². The molecule has 0 saturated carbocycles. The van der Waals surface area contributed by atoms with Gasteiger partial charge in [-0.15, -0.1) is 0 Å². The molecule has 0 saturated heterocycles. The molecule has 0 N–H and O–H groups in total. The van der Waals surface area contributed by atoms with E-state index in [0.29, 0.717) is 0 Å². The van der Waals surface area contributed by atoms with Gasteiger partial charge in [-0.3, -0.25) is 4.99 Å². The molecule has 1 heterocycles. The Labute approximate surface area is 276 Å². The summed E-state index contributed by atoms with van der Waals surface area (Å²) < 4.78 is 0. The summed E-state index contributed by atoms with van der Waals surface area (Å²) in [4.78, 5) is 5.17. The zero-order chi connectivity index (χ0) is 31.5. The normalized spacial score (nSPS) is 16.2. The maximum Gasteiger partial charge on any atom is 0.0644 e. The maximum atomic E-state index is 5.17. The van der Waals surface area contributed by atoms with E-state index >= 15 is 0 Å². The van der Waals surface area contributed by atoms with E-state index in [2.05, 4.69) is 172 Å². The second kappa shape index (κ2) is 10.8. The number of hydrogen-bond donors (Lipinski definition) is 0. The molecule has 7 aromatic rings. The van der Waals surface area contributed by atoms with Gasteiger partial charge in [0, 0.05) is 11.3 Å². The number of benzene rings is 7. The molecule has 0 bridgehead atoms. The second-order valence-corrected chi connectivity index (χ2v) is 13.4. The third kappa shape index (κ3) is 4.42. The summed E-state index contributed by atoms with van der Waals surface area (Å²) in [5, 5.41) is 5.21. The van der Waals surface area contributed by atoms with Crippen LogP contribution in [-0.4, -0.2) is 12.3 Å². The van der Waals surface area contributed by atoms with Crippen LogP contribution in [0, 0.1) is 0 Å². The quantitative estimate of drug-likeness (QED) is 0.178. The van der Waals surface area contributed by atoms with Crippen LogP contribution in [0.5, 0.6) is 0 Å². The number of allylic oxidation sites excluding steroid dienone is 1. The molecule has 9 rings (SSSR count). The van der Waals surface area contributed by atoms with E-state index < -0.39 is 0 Å². The molecule has 7 aromatic carbocycles. The molecule has 0 radical (unpaired) electrons. The van der Waals surface area contributed by atoms with Gasteiger partial charge in [0.2, 0.25) is 0 Å². The summed E-state index contributed by atoms with van der Waals surface area (Å²) in [5.74, 6) is 0.205. The van der Waals surface area contributed by atoms with Crippen molar-refractivity contribution in [3.63, 3.8) is 0 Å². The monoisotopic (exact) mass is 601 g/mol. The molecule has 2 aliphatic rings. The molecule has 47 heavy (non-hydrogen) atoms. The number of rotatable bonds is 4. The summed E-state index contributed by atoms with van der Waals surface area (Å²) in [6, 6.07) is 53.3. The molecule has 1 unspecified atom stereocenters. The highest BCUT2D eigenvalue weighted by molar-refractivity contribution is 6.16. The van der Waals surface area contributed by atoms with E-state index in [1.165, 1.54) is 71.6 Å². The van der Waals surface area contributed by atoms with Gasteiger partial charge in [0.15, 0.2) is 0 Å². The highest BCUT2D eigenvalue weighted by Crippen LogP contribution is 2.49. The molecule has 0 fully saturated rings. The Balaban J connectivity index is 1.03. The molecule has 1 aliphatic carbocycles. The number of aliphatic imine (C=N–C) groups is 1. The third-order valence-electron chi connectivity index (χ3n) is 10.4. The van der Waals surface area contributed by atoms with Crippen LogP contribution in [0.4, 0.5) is 0 Å². The molecule has 1 atom stereocenters. The summed E-state index contributed by atoms with van der Waals surface area (Å²) in [7, 11) is 0. The summed E-state index contributed by atoms with van der Waals surface area (Å²) >= 11 is 0. The SMILES string of the molecule is CC1(C)c2ccccc2-c2ccc(-c3ccc(C4=NCC(c5c6ccccc6c(-c6ccccc6)c6ccccc56)C=C4)cc3)cc21. The summed E-state index contributed by atoms with van der Waals surface area (Å²) in [6.07, 6.45) is 4.60. The first kappa shape index (κ1) is 27.8. The first-order chi connectivity index (χ1) is 23.1. The van der Waals surface area contributed by atoms with Crippen molar-refractivity contribution in [3.8, 4) is 33.4 Å². The van der Waals surface area contributed by atoms with Crippen LogP contribution in [0.1, 0.15) is 42.0 Å². The molecule has 224 valence electrons. The van der Waals surface area contributed by atoms with Crippen LogP contribution >= 0.6 is 0 Å². The number of hydrogen-bond acceptors (Lipinski definition) is 1. The Morgan fingerprint density at radius 2 is 1.09 bits per heavy atom. The smallest absolute Gasteiger partial charge is 0.0644 e. The second-order valence-electron chi connectivity index (χ2n) is 13.4. The minimum Gasteiger partial charge on any atom is -0.284 e. The molecule has 1 aliphatic heterocycles. The van der Waals surface area contributed by atoms with Gasteiger partial charge in [0.05, 0.1) is 12.3 Å². The fourth-order valence-corrected chi connectivity index (χ4v) is 8.09. The van der Waals surface area contributed by atoms with Crippen LogP contribution in [0.25, 0.3) is 54.9 Å². The lowest BCUT2D eigenvalue weighted by Crippen LogP contribution is -2.14. The van der Waals surface area contributed by atoms with Crippen molar-refractivity contribution in [1.29, 1.82) is 0 Å². The number of fused-ring (bicyclic) bond motifs is 5. The topological polar surface area (TPSA) is 12.4 Å². The zero-order valence-corrected chi connectivity index (χ0v) is 26.7. The van der Waals surface area contributed by atoms with Crippen molar-refractivity contribution < 1.29 is 0 Å². The van der Waals surface area contributed by atoms with Gasteiger partial charge in [-0.25, -0.2) is 0 Å². The van der Waals surface area contributed by atoms with Crippen molar-refractivity contribution in [2.45, 2.75) is 25.2 Å². The molecule has 1 heteroatoms. The summed E-state index contributed by atoms with van der Waals surface area (Å²) in [5.41, 5.74) is 14.2. The average Bonchev–Trinajstić information content (AvgIpc) is 3.36. The van der Waals surface area contributed by atoms with Gasteiger partial charge in [-0.2, -0.15) is 0 Å².